The third-order valence-electron chi connectivity index (χ3n) is 1.54. The molecule has 0 aromatic heterocycles. The van der Waals surface area contributed by atoms with E-state index in [-0.39, 0.29) is 11.4 Å². The van der Waals surface area contributed by atoms with Crippen molar-refractivity contribution in [2.75, 3.05) is 12.5 Å². The van der Waals surface area contributed by atoms with Gasteiger partial charge in [-0.2, -0.15) is 8.42 Å². The van der Waals surface area contributed by atoms with Gasteiger partial charge in [-0.15, -0.1) is 0 Å². The lowest BCUT2D eigenvalue weighted by Crippen LogP contribution is -2.07. The quantitative estimate of drug-likeness (QED) is 0.262. The van der Waals surface area contributed by atoms with E-state index < -0.39 is 15.3 Å². The molecule has 0 saturated heterocycles. The third kappa shape index (κ3) is 6.59. The van der Waals surface area contributed by atoms with Gasteiger partial charge in [0.05, 0.1) is 17.7 Å². The molecule has 0 aliphatic rings. The van der Waals surface area contributed by atoms with Crippen molar-refractivity contribution >= 4 is 21.8 Å². The van der Waals surface area contributed by atoms with Crippen LogP contribution in [0.4, 0.5) is 11.4 Å². The van der Waals surface area contributed by atoms with Gasteiger partial charge < -0.3 is 10.2 Å². The van der Waals surface area contributed by atoms with Gasteiger partial charge in [0.1, 0.15) is 0 Å². The molecule has 1 rings (SSSR count). The number of nitrogens with two attached hydrogens (primary N) is 1. The Balaban J connectivity index is 0.000000494. The number of hydrazine groups is 1. The van der Waals surface area contributed by atoms with Crippen molar-refractivity contribution in [3.05, 3.63) is 28.3 Å². The summed E-state index contributed by atoms with van der Waals surface area (Å²) in [6, 6.07) is 4.37. The molecule has 0 aliphatic heterocycles. The van der Waals surface area contributed by atoms with Crippen molar-refractivity contribution in [1.29, 1.82) is 0 Å². The maximum Gasteiger partial charge on any atom is 0.394 e. The van der Waals surface area contributed by atoms with Crippen LogP contribution in [0, 0.1) is 10.1 Å². The second-order valence-corrected chi connectivity index (χ2v) is 3.63. The molecule has 11 heteroatoms. The van der Waals surface area contributed by atoms with Crippen LogP contribution >= 0.6 is 0 Å². The van der Waals surface area contributed by atoms with Gasteiger partial charge in [-0.25, -0.2) is 0 Å². The van der Waals surface area contributed by atoms with E-state index in [4.69, 9.17) is 28.1 Å². The predicted octanol–water partition coefficient (Wildman–Crippen LogP) is 0.236. The van der Waals surface area contributed by atoms with E-state index in [0.29, 0.717) is 5.69 Å². The fourth-order valence-corrected chi connectivity index (χ4v) is 0.922. The van der Waals surface area contributed by atoms with Gasteiger partial charge in [0.25, 0.3) is 0 Å². The molecule has 102 valence electrons. The summed E-state index contributed by atoms with van der Waals surface area (Å²) in [5.41, 5.74) is 2.67. The Kier molecular flexibility index (Phi) is 5.98. The Hall–Kier alpha value is -1.95. The second kappa shape index (κ2) is 6.70. The number of hydrogen-bond donors (Lipinski definition) is 4. The molecular weight excluding hydrogens is 270 g/mol. The summed E-state index contributed by atoms with van der Waals surface area (Å²) in [4.78, 5) is 9.98. The summed E-state index contributed by atoms with van der Waals surface area (Å²) < 4.78 is 36.4. The number of nitro groups is 1. The minimum atomic E-state index is -4.67. The second-order valence-electron chi connectivity index (χ2n) is 2.74. The molecule has 10 nitrogen and oxygen atoms in total. The zero-order valence-electron chi connectivity index (χ0n) is 9.10. The van der Waals surface area contributed by atoms with Crippen molar-refractivity contribution < 1.29 is 27.2 Å². The van der Waals surface area contributed by atoms with Crippen molar-refractivity contribution in [1.82, 2.24) is 0 Å². The first-order chi connectivity index (χ1) is 8.19. The van der Waals surface area contributed by atoms with E-state index in [2.05, 4.69) is 5.43 Å². The van der Waals surface area contributed by atoms with Gasteiger partial charge in [-0.05, 0) is 12.1 Å². The predicted molar refractivity (Wildman–Crippen MR) is 61.6 cm³/mol. The van der Waals surface area contributed by atoms with Crippen LogP contribution in [0.5, 0.6) is 5.75 Å². The van der Waals surface area contributed by atoms with E-state index in [1.165, 1.54) is 19.2 Å². The lowest BCUT2D eigenvalue weighted by molar-refractivity contribution is -0.385. The van der Waals surface area contributed by atoms with E-state index in [1.807, 2.05) is 0 Å². The Labute approximate surface area is 102 Å². The topological polar surface area (TPSA) is 165 Å². The number of methoxy groups -OCH3 is 1. The number of rotatable bonds is 3. The number of nitro benzene ring substituents is 1. The van der Waals surface area contributed by atoms with E-state index in [0.717, 1.165) is 0 Å². The highest BCUT2D eigenvalue weighted by Crippen LogP contribution is 2.28. The first-order valence-corrected chi connectivity index (χ1v) is 5.57. The Morgan fingerprint density at radius 2 is 1.94 bits per heavy atom. The van der Waals surface area contributed by atoms with Crippen LogP contribution in [0.15, 0.2) is 18.2 Å². The third-order valence-corrected chi connectivity index (χ3v) is 1.54. The normalized spacial score (nSPS) is 10.0. The molecule has 18 heavy (non-hydrogen) atoms. The first kappa shape index (κ1) is 16.1. The molecule has 0 fully saturated rings. The van der Waals surface area contributed by atoms with Crippen LogP contribution in [0.25, 0.3) is 0 Å². The average Bonchev–Trinajstić information content (AvgIpc) is 2.25. The van der Waals surface area contributed by atoms with Crippen molar-refractivity contribution in [2.45, 2.75) is 0 Å². The molecule has 0 radical (unpaired) electrons. The van der Waals surface area contributed by atoms with Gasteiger partial charge in [0.2, 0.25) is 0 Å². The Morgan fingerprint density at radius 1 is 1.44 bits per heavy atom. The Bertz CT molecular complexity index is 508. The molecule has 0 unspecified atom stereocenters. The highest BCUT2D eigenvalue weighted by molar-refractivity contribution is 7.79. The van der Waals surface area contributed by atoms with Gasteiger partial charge in [-0.3, -0.25) is 25.1 Å². The number of anilines is 1. The summed E-state index contributed by atoms with van der Waals surface area (Å²) >= 11 is 0. The molecule has 0 bridgehead atoms. The molecular formula is C7H11N3O7S. The zero-order chi connectivity index (χ0) is 14.3. The standard InChI is InChI=1S/C7H9N3O3.H2O4S/c1-13-7-3-2-5(9-8)4-6(7)10(11)12;1-5(2,3)4/h2-4,9H,8H2,1H3;(H2,1,2,3,4). The minimum absolute atomic E-state index is 0.113. The molecule has 0 saturated carbocycles. The molecule has 0 atom stereocenters. The summed E-state index contributed by atoms with van der Waals surface area (Å²) in [7, 11) is -3.29. The minimum Gasteiger partial charge on any atom is -0.490 e. The summed E-state index contributed by atoms with van der Waals surface area (Å²) in [5, 5.41) is 10.5. The molecule has 0 spiro atoms. The van der Waals surface area contributed by atoms with Crippen LogP contribution in [0.2, 0.25) is 0 Å². The highest BCUT2D eigenvalue weighted by atomic mass is 32.3. The summed E-state index contributed by atoms with van der Waals surface area (Å²) in [6.07, 6.45) is 0. The monoisotopic (exact) mass is 281 g/mol. The average molecular weight is 281 g/mol. The maximum atomic E-state index is 10.5. The molecule has 5 N–H and O–H groups in total. The fraction of sp³-hybridized carbons (Fsp3) is 0.143. The number of nitrogens with zero attached hydrogens (tertiary/aromatic N) is 1. The lowest BCUT2D eigenvalue weighted by atomic mass is 10.2. The lowest BCUT2D eigenvalue weighted by Gasteiger charge is -2.03. The number of ether oxygens (including phenoxy) is 1. The van der Waals surface area contributed by atoms with E-state index >= 15 is 0 Å². The summed E-state index contributed by atoms with van der Waals surface area (Å²) in [6.45, 7) is 0. The Morgan fingerprint density at radius 3 is 2.28 bits per heavy atom. The van der Waals surface area contributed by atoms with Crippen molar-refractivity contribution in [3.8, 4) is 5.75 Å². The van der Waals surface area contributed by atoms with Gasteiger partial charge in [0, 0.05) is 6.07 Å². The van der Waals surface area contributed by atoms with E-state index in [1.54, 1.807) is 6.07 Å². The molecule has 0 aliphatic carbocycles. The summed E-state index contributed by atoms with van der Waals surface area (Å²) in [5.74, 6) is 5.31. The largest absolute Gasteiger partial charge is 0.490 e. The van der Waals surface area contributed by atoms with Gasteiger partial charge >= 0.3 is 16.1 Å². The molecule has 1 aromatic carbocycles. The highest BCUT2D eigenvalue weighted by Gasteiger charge is 2.14. The van der Waals surface area contributed by atoms with Crippen LogP contribution in [0.1, 0.15) is 0 Å². The number of nitrogens with one attached hydrogen (secondary N) is 1. The molecule has 0 amide bonds. The van der Waals surface area contributed by atoms with Gasteiger partial charge in [-0.1, -0.05) is 0 Å². The van der Waals surface area contributed by atoms with Crippen LogP contribution in [0.3, 0.4) is 0 Å². The fourth-order valence-electron chi connectivity index (χ4n) is 0.922. The molecule has 0 heterocycles. The number of nitrogen functional groups attached to an aromatic ring is 1. The zero-order valence-corrected chi connectivity index (χ0v) is 9.92. The number of hydrogen-bond acceptors (Lipinski definition) is 7. The van der Waals surface area contributed by atoms with Crippen LogP contribution in [-0.4, -0.2) is 29.6 Å². The van der Waals surface area contributed by atoms with E-state index in [9.17, 15) is 10.1 Å². The smallest absolute Gasteiger partial charge is 0.394 e. The SMILES string of the molecule is COc1ccc(NN)cc1[N+](=O)[O-].O=S(=O)(O)O. The van der Waals surface area contributed by atoms with Gasteiger partial charge in [0.15, 0.2) is 5.75 Å². The van der Waals surface area contributed by atoms with Crippen LogP contribution < -0.4 is 16.0 Å². The van der Waals surface area contributed by atoms with Crippen molar-refractivity contribution in [3.63, 3.8) is 0 Å². The first-order valence-electron chi connectivity index (χ1n) is 4.18. The van der Waals surface area contributed by atoms with Crippen molar-refractivity contribution in [2.24, 2.45) is 5.84 Å². The maximum absolute atomic E-state index is 10.5. The van der Waals surface area contributed by atoms with Crippen LogP contribution in [-0.2, 0) is 10.4 Å². The molecule has 1 aromatic rings. The number of benzene rings is 1.